The zero-order chi connectivity index (χ0) is 14.7. The second-order valence-electron chi connectivity index (χ2n) is 5.87. The third-order valence-corrected chi connectivity index (χ3v) is 4.64. The van der Waals surface area contributed by atoms with Gasteiger partial charge in [-0.15, -0.1) is 0 Å². The van der Waals surface area contributed by atoms with Gasteiger partial charge < -0.3 is 10.5 Å². The molecule has 1 unspecified atom stereocenters. The van der Waals surface area contributed by atoms with Gasteiger partial charge in [0.15, 0.2) is 0 Å². The third kappa shape index (κ3) is 3.10. The van der Waals surface area contributed by atoms with Gasteiger partial charge in [-0.05, 0) is 42.3 Å². The van der Waals surface area contributed by atoms with Crippen LogP contribution in [0.3, 0.4) is 0 Å². The molecule has 0 saturated carbocycles. The summed E-state index contributed by atoms with van der Waals surface area (Å²) in [6.07, 6.45) is 2.20. The fourth-order valence-electron chi connectivity index (χ4n) is 3.30. The molecule has 2 aromatic carbocycles. The fourth-order valence-corrected chi connectivity index (χ4v) is 3.30. The van der Waals surface area contributed by atoms with Crippen LogP contribution >= 0.6 is 0 Å². The highest BCUT2D eigenvalue weighted by molar-refractivity contribution is 5.83. The summed E-state index contributed by atoms with van der Waals surface area (Å²) >= 11 is 0. The maximum atomic E-state index is 6.08. The average molecular weight is 284 g/mol. The summed E-state index contributed by atoms with van der Waals surface area (Å²) in [7, 11) is 2.20. The highest BCUT2D eigenvalue weighted by atomic mass is 16.5. The zero-order valence-corrected chi connectivity index (χ0v) is 12.7. The largest absolute Gasteiger partial charge is 0.381 e. The summed E-state index contributed by atoms with van der Waals surface area (Å²) < 4.78 is 5.47. The number of ether oxygens (including phenoxy) is 1. The van der Waals surface area contributed by atoms with E-state index < -0.39 is 0 Å². The van der Waals surface area contributed by atoms with Gasteiger partial charge in [-0.1, -0.05) is 36.4 Å². The van der Waals surface area contributed by atoms with Crippen LogP contribution in [0.1, 0.15) is 24.4 Å². The van der Waals surface area contributed by atoms with Crippen molar-refractivity contribution in [2.24, 2.45) is 5.73 Å². The first kappa shape index (κ1) is 14.5. The minimum atomic E-state index is 0.276. The number of nitrogens with two attached hydrogens (primary N) is 1. The molecule has 1 atom stereocenters. The van der Waals surface area contributed by atoms with Crippen molar-refractivity contribution in [1.29, 1.82) is 0 Å². The number of fused-ring (bicyclic) bond motifs is 1. The normalized spacial score (nSPS) is 18.2. The van der Waals surface area contributed by atoms with E-state index in [0.717, 1.165) is 26.1 Å². The summed E-state index contributed by atoms with van der Waals surface area (Å²) in [5, 5.41) is 2.57. The Morgan fingerprint density at radius 1 is 1.14 bits per heavy atom. The predicted molar refractivity (Wildman–Crippen MR) is 87.3 cm³/mol. The van der Waals surface area contributed by atoms with Gasteiger partial charge >= 0.3 is 0 Å². The van der Waals surface area contributed by atoms with Crippen molar-refractivity contribution in [3.05, 3.63) is 48.0 Å². The predicted octanol–water partition coefficient (Wildman–Crippen LogP) is 2.95. The molecule has 0 radical (unpaired) electrons. The molecule has 1 heterocycles. The van der Waals surface area contributed by atoms with Crippen LogP contribution in [0.4, 0.5) is 0 Å². The molecular formula is C18H24N2O. The van der Waals surface area contributed by atoms with E-state index in [0.29, 0.717) is 12.6 Å². The van der Waals surface area contributed by atoms with E-state index in [1.165, 1.54) is 16.3 Å². The average Bonchev–Trinajstić information content (AvgIpc) is 2.56. The van der Waals surface area contributed by atoms with Crippen molar-refractivity contribution in [3.8, 4) is 0 Å². The van der Waals surface area contributed by atoms with Gasteiger partial charge in [-0.2, -0.15) is 0 Å². The van der Waals surface area contributed by atoms with Gasteiger partial charge in [-0.3, -0.25) is 4.90 Å². The maximum absolute atomic E-state index is 6.08. The molecular weight excluding hydrogens is 260 g/mol. The quantitative estimate of drug-likeness (QED) is 0.938. The summed E-state index contributed by atoms with van der Waals surface area (Å²) in [6, 6.07) is 16.0. The van der Waals surface area contributed by atoms with Gasteiger partial charge in [0.2, 0.25) is 0 Å². The van der Waals surface area contributed by atoms with Crippen molar-refractivity contribution in [2.75, 3.05) is 26.8 Å². The minimum Gasteiger partial charge on any atom is -0.381 e. The number of nitrogens with zero attached hydrogens (tertiary/aromatic N) is 1. The van der Waals surface area contributed by atoms with Crippen molar-refractivity contribution in [2.45, 2.75) is 24.9 Å². The highest BCUT2D eigenvalue weighted by Gasteiger charge is 2.25. The molecule has 1 aliphatic heterocycles. The number of rotatable bonds is 4. The molecule has 1 aliphatic rings. The summed E-state index contributed by atoms with van der Waals surface area (Å²) in [5.74, 6) is 0. The van der Waals surface area contributed by atoms with Crippen LogP contribution in [0, 0.1) is 0 Å². The van der Waals surface area contributed by atoms with Crippen molar-refractivity contribution >= 4 is 10.8 Å². The van der Waals surface area contributed by atoms with Crippen molar-refractivity contribution in [1.82, 2.24) is 4.90 Å². The number of hydrogen-bond donors (Lipinski definition) is 1. The van der Waals surface area contributed by atoms with E-state index in [9.17, 15) is 0 Å². The van der Waals surface area contributed by atoms with E-state index in [2.05, 4.69) is 54.4 Å². The van der Waals surface area contributed by atoms with Crippen LogP contribution in [-0.4, -0.2) is 37.7 Å². The Morgan fingerprint density at radius 2 is 1.86 bits per heavy atom. The van der Waals surface area contributed by atoms with Crippen LogP contribution in [0.2, 0.25) is 0 Å². The smallest absolute Gasteiger partial charge is 0.0480 e. The summed E-state index contributed by atoms with van der Waals surface area (Å²) in [4.78, 5) is 2.44. The molecule has 3 nitrogen and oxygen atoms in total. The molecule has 2 aromatic rings. The van der Waals surface area contributed by atoms with Crippen LogP contribution < -0.4 is 5.73 Å². The number of hydrogen-bond acceptors (Lipinski definition) is 3. The molecule has 0 spiro atoms. The molecule has 0 aliphatic carbocycles. The third-order valence-electron chi connectivity index (χ3n) is 4.64. The monoisotopic (exact) mass is 284 g/mol. The van der Waals surface area contributed by atoms with Gasteiger partial charge in [0.25, 0.3) is 0 Å². The van der Waals surface area contributed by atoms with Crippen molar-refractivity contribution in [3.63, 3.8) is 0 Å². The Morgan fingerprint density at radius 3 is 2.57 bits per heavy atom. The summed E-state index contributed by atoms with van der Waals surface area (Å²) in [5.41, 5.74) is 7.39. The van der Waals surface area contributed by atoms with Gasteiger partial charge in [0, 0.05) is 31.8 Å². The molecule has 1 saturated heterocycles. The first-order chi connectivity index (χ1) is 10.3. The van der Waals surface area contributed by atoms with E-state index in [-0.39, 0.29) is 6.04 Å². The lowest BCUT2D eigenvalue weighted by Gasteiger charge is -2.37. The van der Waals surface area contributed by atoms with Crippen LogP contribution in [0.5, 0.6) is 0 Å². The van der Waals surface area contributed by atoms with E-state index >= 15 is 0 Å². The van der Waals surface area contributed by atoms with Crippen LogP contribution in [-0.2, 0) is 4.74 Å². The lowest BCUT2D eigenvalue weighted by Crippen LogP contribution is -2.41. The Kier molecular flexibility index (Phi) is 4.54. The van der Waals surface area contributed by atoms with Gasteiger partial charge in [-0.25, -0.2) is 0 Å². The molecule has 0 bridgehead atoms. The van der Waals surface area contributed by atoms with Crippen LogP contribution in [0.25, 0.3) is 10.8 Å². The Balaban J connectivity index is 1.86. The number of benzene rings is 2. The minimum absolute atomic E-state index is 0.276. The lowest BCUT2D eigenvalue weighted by atomic mass is 9.98. The Hall–Kier alpha value is -1.42. The van der Waals surface area contributed by atoms with Gasteiger partial charge in [0.1, 0.15) is 0 Å². The Labute approximate surface area is 126 Å². The molecule has 3 rings (SSSR count). The molecule has 21 heavy (non-hydrogen) atoms. The molecule has 0 amide bonds. The molecule has 3 heteroatoms. The van der Waals surface area contributed by atoms with E-state index in [1.807, 2.05) is 0 Å². The first-order valence-corrected chi connectivity index (χ1v) is 7.78. The molecule has 2 N–H and O–H groups in total. The van der Waals surface area contributed by atoms with E-state index in [4.69, 9.17) is 10.5 Å². The number of likely N-dealkylation sites (N-methyl/N-ethyl adjacent to an activating group) is 1. The van der Waals surface area contributed by atoms with E-state index in [1.54, 1.807) is 0 Å². The second-order valence-corrected chi connectivity index (χ2v) is 5.87. The molecule has 0 aromatic heterocycles. The SMILES string of the molecule is CN(C1CCOCC1)C(CN)c1ccc2ccccc2c1. The lowest BCUT2D eigenvalue weighted by molar-refractivity contribution is 0.0294. The molecule has 1 fully saturated rings. The standard InChI is InChI=1S/C18H24N2O/c1-20(17-8-10-21-11-9-17)18(13-19)16-7-6-14-4-2-3-5-15(14)12-16/h2-7,12,17-18H,8-11,13,19H2,1H3. The first-order valence-electron chi connectivity index (χ1n) is 7.78. The Bertz CT molecular complexity index is 593. The zero-order valence-electron chi connectivity index (χ0n) is 12.7. The molecule has 112 valence electrons. The second kappa shape index (κ2) is 6.56. The fraction of sp³-hybridized carbons (Fsp3) is 0.444. The maximum Gasteiger partial charge on any atom is 0.0480 e. The topological polar surface area (TPSA) is 38.5 Å². The van der Waals surface area contributed by atoms with Gasteiger partial charge in [0.05, 0.1) is 0 Å². The summed E-state index contributed by atoms with van der Waals surface area (Å²) in [6.45, 7) is 2.38. The highest BCUT2D eigenvalue weighted by Crippen LogP contribution is 2.27. The van der Waals surface area contributed by atoms with Crippen LogP contribution in [0.15, 0.2) is 42.5 Å². The van der Waals surface area contributed by atoms with Crippen molar-refractivity contribution < 1.29 is 4.74 Å².